The van der Waals surface area contributed by atoms with E-state index in [0.29, 0.717) is 0 Å². The summed E-state index contributed by atoms with van der Waals surface area (Å²) in [5, 5.41) is 0. The third kappa shape index (κ3) is 132. The van der Waals surface area contributed by atoms with Crippen molar-refractivity contribution in [1.82, 2.24) is 15.0 Å². The molecule has 0 bridgehead atoms. The molecule has 0 amide bonds. The van der Waals surface area contributed by atoms with Crippen LogP contribution in [0.5, 0.6) is 0 Å². The fraction of sp³-hybridized carbons (Fsp3) is 0.706. The van der Waals surface area contributed by atoms with Crippen LogP contribution >= 0.6 is 0 Å². The number of aromatic nitrogens is 3. The van der Waals surface area contributed by atoms with Crippen LogP contribution in [0, 0.1) is 0 Å². The maximum atomic E-state index is 4.82. The van der Waals surface area contributed by atoms with Crippen LogP contribution in [-0.4, -0.2) is 114 Å². The van der Waals surface area contributed by atoms with Crippen molar-refractivity contribution in [3.8, 4) is 0 Å². The molecule has 3 heterocycles. The van der Waals surface area contributed by atoms with Gasteiger partial charge in [0.25, 0.3) is 0 Å². The summed E-state index contributed by atoms with van der Waals surface area (Å²) < 4.78 is 28.9. The van der Waals surface area contributed by atoms with Gasteiger partial charge in [0.1, 0.15) is 0 Å². The minimum absolute atomic E-state index is 0. The Bertz CT molecular complexity index is 1220. The number of hydrogen-bond acceptors (Lipinski definition) is 3. The van der Waals surface area contributed by atoms with E-state index < -0.39 is 98.8 Å². The molecule has 0 aliphatic heterocycles. The Morgan fingerprint density at radius 3 is 0.253 bits per heavy atom. The molecule has 3 aromatic rings. The van der Waals surface area contributed by atoms with Gasteiger partial charge in [0.15, 0.2) is 0 Å². The average molecular weight is 1370 g/mol. The molecule has 0 atom stereocenters. The van der Waals surface area contributed by atoms with E-state index in [0.717, 1.165) is 0 Å². The fourth-order valence-corrected chi connectivity index (χ4v) is 55.3. The van der Waals surface area contributed by atoms with Gasteiger partial charge in [-0.05, 0) is 36.4 Å². The first kappa shape index (κ1) is 95.6. The molecule has 3 aromatic heterocycles. The van der Waals surface area contributed by atoms with Crippen LogP contribution in [0.2, 0.25) is 236 Å². The number of nitrogens with zero attached hydrogens (tertiary/aromatic N) is 9. The minimum atomic E-state index is -1.11. The van der Waals surface area contributed by atoms with Crippen LogP contribution in [0.15, 0.2) is 91.8 Å². The Labute approximate surface area is 515 Å². The molecule has 444 valence electrons. The van der Waals surface area contributed by atoms with Gasteiger partial charge >= 0.3 is 51.2 Å². The molecular weight excluding hydrogens is 1240 g/mol. The third-order valence-electron chi connectivity index (χ3n) is 5.72. The summed E-state index contributed by atoms with van der Waals surface area (Å²) in [5.74, 6) is 0. The van der Waals surface area contributed by atoms with Gasteiger partial charge in [-0.2, -0.15) is 0 Å². The van der Waals surface area contributed by atoms with Crippen LogP contribution in [0.25, 0.3) is 27.9 Å². The van der Waals surface area contributed by atoms with Gasteiger partial charge in [-0.1, -0.05) is 353 Å². The van der Waals surface area contributed by atoms with E-state index >= 15 is 0 Å². The zero-order valence-electron chi connectivity index (χ0n) is 55.7. The van der Waals surface area contributed by atoms with E-state index in [1.54, 1.807) is 37.2 Å². The molecule has 24 heteroatoms. The largest absolute Gasteiger partial charge is 2.00 e. The molecule has 9 nitrogen and oxygen atoms in total. The van der Waals surface area contributed by atoms with Gasteiger partial charge in [-0.15, -0.1) is 0 Å². The molecule has 0 aromatic carbocycles. The van der Waals surface area contributed by atoms with Crippen molar-refractivity contribution < 1.29 is 51.2 Å². The smallest absolute Gasteiger partial charge is 0.668 e. The van der Waals surface area contributed by atoms with Crippen LogP contribution in [0.4, 0.5) is 0 Å². The Morgan fingerprint density at radius 1 is 0.160 bits per heavy atom. The van der Waals surface area contributed by atoms with Crippen molar-refractivity contribution >= 4 is 98.8 Å². The summed E-state index contributed by atoms with van der Waals surface area (Å²) in [6, 6.07) is 17.1. The summed E-state index contributed by atoms with van der Waals surface area (Å²) in [4.78, 5) is 11.4. The second-order valence-corrected chi connectivity index (χ2v) is 87.3. The third-order valence-corrected chi connectivity index (χ3v) is 37.9. The molecule has 0 fully saturated rings. The van der Waals surface area contributed by atoms with E-state index in [1.807, 2.05) is 54.6 Å². The van der Waals surface area contributed by atoms with Crippen LogP contribution in [0.3, 0.4) is 0 Å². The molecule has 0 saturated heterocycles. The topological polar surface area (TPSA) is 123 Å². The zero-order valence-corrected chi connectivity index (χ0v) is 71.1. The van der Waals surface area contributed by atoms with Gasteiger partial charge in [-0.3, -0.25) is 15.0 Å². The van der Waals surface area contributed by atoms with Gasteiger partial charge in [0.2, 0.25) is 0 Å². The first-order valence-electron chi connectivity index (χ1n) is 26.2. The summed E-state index contributed by atoms with van der Waals surface area (Å²) in [5.41, 5.74) is 0. The maximum absolute atomic E-state index is 4.82. The molecule has 0 unspecified atom stereocenters. The second kappa shape index (κ2) is 44.0. The van der Waals surface area contributed by atoms with Crippen molar-refractivity contribution in [2.75, 3.05) is 0 Å². The van der Waals surface area contributed by atoms with Crippen molar-refractivity contribution in [2.24, 2.45) is 0 Å². The van der Waals surface area contributed by atoms with Crippen molar-refractivity contribution in [1.29, 1.82) is 0 Å². The van der Waals surface area contributed by atoms with E-state index in [-0.39, 0.29) is 51.2 Å². The molecule has 0 N–H and O–H groups in total. The number of hydrogen-bond donors (Lipinski definition) is 0. The van der Waals surface area contributed by atoms with E-state index in [1.165, 1.54) is 0 Å². The molecule has 0 spiro atoms. The zero-order chi connectivity index (χ0) is 59.0. The van der Waals surface area contributed by atoms with Gasteiger partial charge in [-0.25, -0.2) is 0 Å². The second-order valence-electron chi connectivity index (χ2n) is 29.8. The quantitative estimate of drug-likeness (QED) is 0.168. The Kier molecular flexibility index (Phi) is 56.0. The van der Waals surface area contributed by atoms with Gasteiger partial charge in [0, 0.05) is 37.2 Å². The van der Waals surface area contributed by atoms with Crippen LogP contribution in [-0.2, 0) is 51.2 Å². The van der Waals surface area contributed by atoms with Gasteiger partial charge < -0.3 is 27.9 Å². The van der Waals surface area contributed by atoms with Crippen molar-refractivity contribution in [2.45, 2.75) is 236 Å². The maximum Gasteiger partial charge on any atom is 2.00 e. The normalized spacial score (nSPS) is 12.0. The predicted molar refractivity (Wildman–Crippen MR) is 373 cm³/mol. The Hall–Kier alpha value is 1.37. The fourth-order valence-electron chi connectivity index (χ4n) is 6.98. The average Bonchev–Trinajstić information content (AvgIpc) is 3.03. The molecule has 0 radical (unpaired) electrons. The van der Waals surface area contributed by atoms with Crippen LogP contribution < -0.4 is 0 Å². The summed E-state index contributed by atoms with van der Waals surface area (Å²) in [7, 11) is -13.3. The summed E-state index contributed by atoms with van der Waals surface area (Å²) in [6.45, 7) is 82.7. The minimum Gasteiger partial charge on any atom is -0.668 e. The molecule has 0 aliphatic carbocycles. The predicted octanol–water partition coefficient (Wildman–Crippen LogP) is 21.4. The first-order chi connectivity index (χ1) is 31.2. The van der Waals surface area contributed by atoms with Crippen molar-refractivity contribution in [3.05, 3.63) is 120 Å². The Morgan fingerprint density at radius 2 is 0.240 bits per heavy atom. The molecular formula is C51H123Fe3N9Si12. The molecule has 0 aliphatic rings. The van der Waals surface area contributed by atoms with E-state index in [9.17, 15) is 0 Å². The number of rotatable bonds is 12. The Balaban J connectivity index is -0.0000000932. The van der Waals surface area contributed by atoms with Crippen molar-refractivity contribution in [3.63, 3.8) is 0 Å². The van der Waals surface area contributed by atoms with Gasteiger partial charge in [0.05, 0.1) is 0 Å². The summed E-state index contributed by atoms with van der Waals surface area (Å²) >= 11 is 0. The van der Waals surface area contributed by atoms with Crippen LogP contribution in [0.1, 0.15) is 0 Å². The molecule has 75 heavy (non-hydrogen) atoms. The SMILES string of the molecule is C[Si](C)(C)[N-][Si](C)(C)C.C[Si](C)(C)[N-][Si](C)(C)C.C[Si](C)(C)[N-][Si](C)(C)C.C[Si](C)(C)[N-][Si](C)(C)C.C[Si](C)(C)[N-][Si](C)(C)C.C[Si](C)(C)[N-][Si](C)(C)C.[Fe+2].[Fe+2].[Fe+2].c1ccncc1.c1ccncc1.c1ccncc1. The first-order valence-corrected chi connectivity index (χ1v) is 67.6. The molecule has 0 saturated carbocycles. The van der Waals surface area contributed by atoms with E-state index in [4.69, 9.17) is 27.9 Å². The standard InChI is InChI=1S/6C6H18NSi2.3C5H5N.3Fe/c6*1-8(2,3)7-9(4,5)6;3*1-2-4-6-5-3-1;;;/h6*1-6H3;3*1-5H;;;/q6*-1;;;;3*+2. The molecule has 3 rings (SSSR count). The van der Waals surface area contributed by atoms with E-state index in [2.05, 4.69) is 251 Å². The number of pyridine rings is 3. The monoisotopic (exact) mass is 1370 g/mol. The summed E-state index contributed by atoms with van der Waals surface area (Å²) in [6.07, 6.45) is 10.5.